The largest absolute Gasteiger partial charge is 0.270 e. The fourth-order valence-corrected chi connectivity index (χ4v) is 7.34. The summed E-state index contributed by atoms with van der Waals surface area (Å²) in [5.41, 5.74) is 0. The van der Waals surface area contributed by atoms with E-state index in [0.29, 0.717) is 48.1 Å². The molecule has 4 fully saturated rings. The minimum atomic E-state index is 0.413. The van der Waals surface area contributed by atoms with Crippen molar-refractivity contribution >= 4 is 0 Å². The van der Waals surface area contributed by atoms with Crippen molar-refractivity contribution in [1.29, 1.82) is 0 Å². The van der Waals surface area contributed by atoms with Crippen LogP contribution < -0.4 is 0 Å². The Morgan fingerprint density at radius 2 is 0.926 bits per heavy atom. The van der Waals surface area contributed by atoms with Gasteiger partial charge in [-0.05, 0) is 32.1 Å². The van der Waals surface area contributed by atoms with Gasteiger partial charge in [0, 0.05) is 23.9 Å². The molecular formula is C21H34N6. The van der Waals surface area contributed by atoms with Crippen molar-refractivity contribution in [1.82, 2.24) is 10.0 Å². The first-order valence-electron chi connectivity index (χ1n) is 11.8. The predicted octanol–water partition coefficient (Wildman–Crippen LogP) is 4.92. The maximum atomic E-state index is 4.87. The van der Waals surface area contributed by atoms with Crippen molar-refractivity contribution in [3.8, 4) is 0 Å². The summed E-state index contributed by atoms with van der Waals surface area (Å²) in [4.78, 5) is 0. The molecule has 2 aliphatic heterocycles. The first-order valence-corrected chi connectivity index (χ1v) is 11.8. The molecule has 4 saturated carbocycles. The molecule has 6 atom stereocenters. The fourth-order valence-electron chi connectivity index (χ4n) is 7.34. The molecule has 0 radical (unpaired) electrons. The summed E-state index contributed by atoms with van der Waals surface area (Å²) in [5, 5.41) is 24.2. The lowest BCUT2D eigenvalue weighted by Crippen LogP contribution is -2.55. The molecule has 2 heterocycles. The molecule has 0 aromatic rings. The van der Waals surface area contributed by atoms with Crippen LogP contribution in [-0.2, 0) is 0 Å². The zero-order valence-corrected chi connectivity index (χ0v) is 16.5. The summed E-state index contributed by atoms with van der Waals surface area (Å²) in [6.45, 7) is 0. The van der Waals surface area contributed by atoms with Gasteiger partial charge in [-0.2, -0.15) is 10.2 Å². The Hall–Kier alpha value is -1.20. The van der Waals surface area contributed by atoms with Crippen LogP contribution in [0.25, 0.3) is 0 Å². The van der Waals surface area contributed by atoms with Crippen LogP contribution >= 0.6 is 0 Å². The third kappa shape index (κ3) is 2.57. The first-order chi connectivity index (χ1) is 13.4. The van der Waals surface area contributed by atoms with Crippen LogP contribution in [0.1, 0.15) is 83.5 Å². The maximum Gasteiger partial charge on any atom is 0.100 e. The number of fused-ring (bicyclic) bond motifs is 8. The number of nitrogens with zero attached hydrogens (tertiary/aromatic N) is 6. The Labute approximate surface area is 162 Å². The lowest BCUT2D eigenvalue weighted by atomic mass is 9.82. The second-order valence-electron chi connectivity index (χ2n) is 9.99. The van der Waals surface area contributed by atoms with Crippen LogP contribution in [0.5, 0.6) is 0 Å². The van der Waals surface area contributed by atoms with Gasteiger partial charge in [-0.25, -0.2) is 0 Å². The summed E-state index contributed by atoms with van der Waals surface area (Å²) in [6, 6.07) is 3.12. The Morgan fingerprint density at radius 3 is 1.33 bits per heavy atom. The van der Waals surface area contributed by atoms with E-state index in [9.17, 15) is 0 Å². The number of hydrogen-bond donors (Lipinski definition) is 0. The highest BCUT2D eigenvalue weighted by Gasteiger charge is 2.66. The van der Waals surface area contributed by atoms with Crippen molar-refractivity contribution in [2.75, 3.05) is 0 Å². The average molecular weight is 371 g/mol. The van der Waals surface area contributed by atoms with Crippen molar-refractivity contribution in [3.05, 3.63) is 0 Å². The van der Waals surface area contributed by atoms with Crippen LogP contribution in [0.2, 0.25) is 0 Å². The van der Waals surface area contributed by atoms with Crippen LogP contribution in [0.3, 0.4) is 0 Å². The summed E-state index contributed by atoms with van der Waals surface area (Å²) in [6.07, 6.45) is 17.6. The molecule has 0 aromatic heterocycles. The van der Waals surface area contributed by atoms with E-state index in [0.717, 1.165) is 0 Å². The van der Waals surface area contributed by atoms with Crippen LogP contribution in [0, 0.1) is 11.8 Å². The van der Waals surface area contributed by atoms with Gasteiger partial charge in [0.05, 0.1) is 12.1 Å². The highest BCUT2D eigenvalue weighted by Crippen LogP contribution is 2.56. The Morgan fingerprint density at radius 1 is 0.519 bits per heavy atom. The van der Waals surface area contributed by atoms with E-state index < -0.39 is 0 Å². The SMILES string of the molecule is C1CCCC(N2N=N[C@@H]3[C@@H]4C[C@@H]([C@@H]5N=NN(C6CCCCCC6)[C@H]45)[C@H]32)CC1. The normalized spacial score (nSPS) is 44.6. The van der Waals surface area contributed by atoms with Gasteiger partial charge in [0.2, 0.25) is 0 Å². The highest BCUT2D eigenvalue weighted by atomic mass is 15.7. The Kier molecular flexibility index (Phi) is 4.15. The first kappa shape index (κ1) is 16.7. The molecule has 0 unspecified atom stereocenters. The van der Waals surface area contributed by atoms with Gasteiger partial charge in [0.15, 0.2) is 0 Å². The van der Waals surface area contributed by atoms with E-state index in [1.165, 1.54) is 83.5 Å². The Bertz CT molecular complexity index is 552. The van der Waals surface area contributed by atoms with Crippen molar-refractivity contribution in [2.24, 2.45) is 32.5 Å². The molecule has 0 N–H and O–H groups in total. The zero-order valence-electron chi connectivity index (χ0n) is 16.5. The molecule has 6 nitrogen and oxygen atoms in total. The summed E-state index contributed by atoms with van der Waals surface area (Å²) >= 11 is 0. The second kappa shape index (κ2) is 6.70. The van der Waals surface area contributed by atoms with Crippen molar-refractivity contribution in [3.63, 3.8) is 0 Å². The van der Waals surface area contributed by atoms with Gasteiger partial charge >= 0.3 is 0 Å². The molecule has 2 bridgehead atoms. The lowest BCUT2D eigenvalue weighted by molar-refractivity contribution is 0.0594. The predicted molar refractivity (Wildman–Crippen MR) is 103 cm³/mol. The van der Waals surface area contributed by atoms with Gasteiger partial charge in [-0.3, -0.25) is 10.0 Å². The van der Waals surface area contributed by atoms with E-state index >= 15 is 0 Å². The quantitative estimate of drug-likeness (QED) is 0.648. The minimum absolute atomic E-state index is 0.413. The molecular weight excluding hydrogens is 336 g/mol. The van der Waals surface area contributed by atoms with Gasteiger partial charge in [-0.15, -0.1) is 0 Å². The number of hydrogen-bond acceptors (Lipinski definition) is 6. The van der Waals surface area contributed by atoms with E-state index in [-0.39, 0.29) is 0 Å². The van der Waals surface area contributed by atoms with E-state index in [1.54, 1.807) is 0 Å². The van der Waals surface area contributed by atoms with E-state index in [2.05, 4.69) is 10.0 Å². The summed E-state index contributed by atoms with van der Waals surface area (Å²) in [7, 11) is 0. The molecule has 0 spiro atoms. The Balaban J connectivity index is 1.21. The van der Waals surface area contributed by atoms with Gasteiger partial charge in [-0.1, -0.05) is 61.8 Å². The molecule has 148 valence electrons. The van der Waals surface area contributed by atoms with Gasteiger partial charge in [0.25, 0.3) is 0 Å². The summed E-state index contributed by atoms with van der Waals surface area (Å²) < 4.78 is 0. The third-order valence-corrected chi connectivity index (χ3v) is 8.58. The van der Waals surface area contributed by atoms with Gasteiger partial charge < -0.3 is 0 Å². The molecule has 0 aromatic carbocycles. The minimum Gasteiger partial charge on any atom is -0.270 e. The molecule has 0 amide bonds. The third-order valence-electron chi connectivity index (χ3n) is 8.58. The van der Waals surface area contributed by atoms with Crippen molar-refractivity contribution in [2.45, 2.75) is 120 Å². The van der Waals surface area contributed by atoms with E-state index in [4.69, 9.17) is 20.7 Å². The second-order valence-corrected chi connectivity index (χ2v) is 9.99. The number of rotatable bonds is 2. The fraction of sp³-hybridized carbons (Fsp3) is 1.00. The lowest BCUT2D eigenvalue weighted by Gasteiger charge is -2.40. The molecule has 6 rings (SSSR count). The van der Waals surface area contributed by atoms with E-state index in [1.807, 2.05) is 0 Å². The highest BCUT2D eigenvalue weighted by molar-refractivity contribution is 5.20. The van der Waals surface area contributed by atoms with Crippen LogP contribution in [0.15, 0.2) is 20.7 Å². The smallest absolute Gasteiger partial charge is 0.100 e. The molecule has 6 heteroatoms. The molecule has 0 saturated heterocycles. The van der Waals surface area contributed by atoms with Crippen LogP contribution in [-0.4, -0.2) is 46.3 Å². The molecule has 27 heavy (non-hydrogen) atoms. The standard InChI is InChI=1S/C21H34N6/c1-2-6-10-14(9-5-1)26-20-16-13-17(18(20)22-24-26)21-19(16)23-25-27(21)15-11-7-3-4-8-12-15/h14-21H,1-13H2/t16-,17-,18-,19+,20+,21+/m0/s1. The van der Waals surface area contributed by atoms with Gasteiger partial charge in [0.1, 0.15) is 12.1 Å². The summed E-state index contributed by atoms with van der Waals surface area (Å²) in [5.74, 6) is 1.26. The topological polar surface area (TPSA) is 55.9 Å². The van der Waals surface area contributed by atoms with Crippen LogP contribution in [0.4, 0.5) is 0 Å². The zero-order chi connectivity index (χ0) is 17.8. The monoisotopic (exact) mass is 370 g/mol. The maximum absolute atomic E-state index is 4.87. The molecule has 6 aliphatic rings. The average Bonchev–Trinajstić information content (AvgIpc) is 3.34. The van der Waals surface area contributed by atoms with Crippen molar-refractivity contribution < 1.29 is 0 Å². The molecule has 4 aliphatic carbocycles.